The van der Waals surface area contributed by atoms with E-state index in [2.05, 4.69) is 41.5 Å². The van der Waals surface area contributed by atoms with Crippen LogP contribution in [-0.4, -0.2) is 6.03 Å². The number of allylic oxidation sites excluding steroid dienone is 1. The van der Waals surface area contributed by atoms with Gasteiger partial charge in [0.1, 0.15) is 0 Å². The molecule has 0 radical (unpaired) electrons. The highest BCUT2D eigenvalue weighted by atomic mass is 16.2. The van der Waals surface area contributed by atoms with E-state index < -0.39 is 5.54 Å². The second kappa shape index (κ2) is 7.67. The molecule has 0 aliphatic carbocycles. The molecule has 138 valence electrons. The number of amides is 2. The summed E-state index contributed by atoms with van der Waals surface area (Å²) in [5, 5.41) is 8.40. The summed E-state index contributed by atoms with van der Waals surface area (Å²) >= 11 is 0. The highest BCUT2D eigenvalue weighted by Crippen LogP contribution is 2.23. The van der Waals surface area contributed by atoms with Gasteiger partial charge in [-0.1, -0.05) is 72.8 Å². The average molecular weight is 358 g/mol. The van der Waals surface area contributed by atoms with E-state index in [4.69, 9.17) is 0 Å². The third kappa shape index (κ3) is 4.37. The smallest absolute Gasteiger partial charge is 0.315 e. The Kier molecular flexibility index (Phi) is 5.31. The largest absolute Gasteiger partial charge is 0.334 e. The predicted octanol–water partition coefficient (Wildman–Crippen LogP) is 5.61. The number of nitrogens with one attached hydrogen (secondary N) is 2. The molecule has 3 aromatic carbocycles. The minimum absolute atomic E-state index is 0.186. The summed E-state index contributed by atoms with van der Waals surface area (Å²) in [7, 11) is 0. The molecule has 0 fully saturated rings. The first-order valence-electron chi connectivity index (χ1n) is 9.16. The maximum absolute atomic E-state index is 12.5. The normalized spacial score (nSPS) is 11.2. The average Bonchev–Trinajstić information content (AvgIpc) is 2.66. The number of carbonyl (C=O) groups excluding carboxylic acids is 1. The standard InChI is InChI=1S/C24H26N2O/c1-17(2)19-11-8-13-21(15-19)24(3,4)26-23(27)25-16-20-12-7-10-18-9-5-6-14-22(18)20/h5-15H,1,16H2,2-4H3,(H2,25,26,27). The van der Waals surface area contributed by atoms with Crippen LogP contribution in [0.1, 0.15) is 37.5 Å². The number of benzene rings is 3. The quantitative estimate of drug-likeness (QED) is 0.612. The van der Waals surface area contributed by atoms with Crippen molar-refractivity contribution in [3.63, 3.8) is 0 Å². The lowest BCUT2D eigenvalue weighted by atomic mass is 9.92. The predicted molar refractivity (Wildman–Crippen MR) is 113 cm³/mol. The number of hydrogen-bond donors (Lipinski definition) is 2. The Morgan fingerprint density at radius 1 is 1.00 bits per heavy atom. The van der Waals surface area contributed by atoms with Gasteiger partial charge in [0.15, 0.2) is 0 Å². The van der Waals surface area contributed by atoms with Crippen molar-refractivity contribution < 1.29 is 4.79 Å². The highest BCUT2D eigenvalue weighted by molar-refractivity contribution is 5.86. The lowest BCUT2D eigenvalue weighted by molar-refractivity contribution is 0.229. The van der Waals surface area contributed by atoms with Gasteiger partial charge < -0.3 is 10.6 Å². The molecular formula is C24H26N2O. The van der Waals surface area contributed by atoms with Crippen molar-refractivity contribution in [1.82, 2.24) is 10.6 Å². The van der Waals surface area contributed by atoms with Gasteiger partial charge in [0, 0.05) is 6.54 Å². The molecule has 0 aliphatic rings. The fraction of sp³-hybridized carbons (Fsp3) is 0.208. The molecule has 27 heavy (non-hydrogen) atoms. The Labute approximate surface area is 161 Å². The van der Waals surface area contributed by atoms with Gasteiger partial charge in [0.2, 0.25) is 0 Å². The monoisotopic (exact) mass is 358 g/mol. The number of carbonyl (C=O) groups is 1. The van der Waals surface area contributed by atoms with Crippen molar-refractivity contribution in [3.8, 4) is 0 Å². The van der Waals surface area contributed by atoms with Crippen LogP contribution in [0.2, 0.25) is 0 Å². The van der Waals surface area contributed by atoms with E-state index in [0.29, 0.717) is 6.54 Å². The molecule has 3 heteroatoms. The number of hydrogen-bond acceptors (Lipinski definition) is 1. The molecule has 2 N–H and O–H groups in total. The number of rotatable bonds is 5. The second-order valence-corrected chi connectivity index (χ2v) is 7.43. The van der Waals surface area contributed by atoms with Crippen molar-refractivity contribution >= 4 is 22.4 Å². The summed E-state index contributed by atoms with van der Waals surface area (Å²) < 4.78 is 0. The Bertz CT molecular complexity index is 983. The van der Waals surface area contributed by atoms with Gasteiger partial charge in [0.25, 0.3) is 0 Å². The number of urea groups is 1. The van der Waals surface area contributed by atoms with Crippen LogP contribution >= 0.6 is 0 Å². The Balaban J connectivity index is 1.69. The van der Waals surface area contributed by atoms with Crippen LogP contribution in [0.25, 0.3) is 16.3 Å². The van der Waals surface area contributed by atoms with Crippen LogP contribution in [0.3, 0.4) is 0 Å². The molecule has 0 aliphatic heterocycles. The van der Waals surface area contributed by atoms with Crippen LogP contribution in [0, 0.1) is 0 Å². The molecular weight excluding hydrogens is 332 g/mol. The van der Waals surface area contributed by atoms with Crippen LogP contribution in [0.5, 0.6) is 0 Å². The van der Waals surface area contributed by atoms with E-state index in [0.717, 1.165) is 27.6 Å². The van der Waals surface area contributed by atoms with E-state index >= 15 is 0 Å². The Morgan fingerprint density at radius 2 is 1.70 bits per heavy atom. The lowest BCUT2D eigenvalue weighted by Crippen LogP contribution is -2.46. The first-order valence-corrected chi connectivity index (χ1v) is 9.16. The topological polar surface area (TPSA) is 41.1 Å². The summed E-state index contributed by atoms with van der Waals surface area (Å²) in [6.45, 7) is 10.5. The summed E-state index contributed by atoms with van der Waals surface area (Å²) in [5.74, 6) is 0. The van der Waals surface area contributed by atoms with Gasteiger partial charge >= 0.3 is 6.03 Å². The zero-order valence-corrected chi connectivity index (χ0v) is 16.2. The molecule has 0 saturated carbocycles. The lowest BCUT2D eigenvalue weighted by Gasteiger charge is -2.27. The third-order valence-electron chi connectivity index (χ3n) is 4.82. The van der Waals surface area contributed by atoms with E-state index in [1.165, 1.54) is 5.39 Å². The summed E-state index contributed by atoms with van der Waals surface area (Å²) in [5.41, 5.74) is 3.74. The van der Waals surface area contributed by atoms with Gasteiger partial charge in [-0.05, 0) is 54.3 Å². The van der Waals surface area contributed by atoms with Crippen molar-refractivity contribution in [2.24, 2.45) is 0 Å². The van der Waals surface area contributed by atoms with Crippen LogP contribution in [0.4, 0.5) is 4.79 Å². The molecule has 3 nitrogen and oxygen atoms in total. The van der Waals surface area contributed by atoms with Gasteiger partial charge in [-0.2, -0.15) is 0 Å². The highest BCUT2D eigenvalue weighted by Gasteiger charge is 2.23. The summed E-state index contributed by atoms with van der Waals surface area (Å²) in [4.78, 5) is 12.5. The van der Waals surface area contributed by atoms with Crippen molar-refractivity contribution in [1.29, 1.82) is 0 Å². The molecule has 0 aromatic heterocycles. The van der Waals surface area contributed by atoms with Crippen molar-refractivity contribution in [2.75, 3.05) is 0 Å². The molecule has 0 spiro atoms. The van der Waals surface area contributed by atoms with Crippen molar-refractivity contribution in [3.05, 3.63) is 90.0 Å². The van der Waals surface area contributed by atoms with Gasteiger partial charge in [0.05, 0.1) is 5.54 Å². The summed E-state index contributed by atoms with van der Waals surface area (Å²) in [6, 6.07) is 22.3. The van der Waals surface area contributed by atoms with Gasteiger partial charge in [-0.3, -0.25) is 0 Å². The second-order valence-electron chi connectivity index (χ2n) is 7.43. The molecule has 0 atom stereocenters. The van der Waals surface area contributed by atoms with Crippen LogP contribution in [-0.2, 0) is 12.1 Å². The molecule has 2 amide bonds. The minimum Gasteiger partial charge on any atom is -0.334 e. The third-order valence-corrected chi connectivity index (χ3v) is 4.82. The van der Waals surface area contributed by atoms with Crippen LogP contribution in [0.15, 0.2) is 73.3 Å². The summed E-state index contributed by atoms with van der Waals surface area (Å²) in [6.07, 6.45) is 0. The molecule has 3 rings (SSSR count). The SMILES string of the molecule is C=C(C)c1cccc(C(C)(C)NC(=O)NCc2cccc3ccccc23)c1. The van der Waals surface area contributed by atoms with E-state index in [-0.39, 0.29) is 6.03 Å². The first-order chi connectivity index (χ1) is 12.9. The zero-order chi connectivity index (χ0) is 19.4. The van der Waals surface area contributed by atoms with E-state index in [1.807, 2.05) is 63.2 Å². The molecule has 0 bridgehead atoms. The Hall–Kier alpha value is -3.07. The maximum Gasteiger partial charge on any atom is 0.315 e. The fourth-order valence-electron chi connectivity index (χ4n) is 3.20. The van der Waals surface area contributed by atoms with Crippen molar-refractivity contribution in [2.45, 2.75) is 32.9 Å². The molecule has 0 saturated heterocycles. The van der Waals surface area contributed by atoms with E-state index in [9.17, 15) is 4.79 Å². The Morgan fingerprint density at radius 3 is 2.48 bits per heavy atom. The maximum atomic E-state index is 12.5. The molecule has 3 aromatic rings. The fourth-order valence-corrected chi connectivity index (χ4v) is 3.20. The van der Waals surface area contributed by atoms with E-state index in [1.54, 1.807) is 0 Å². The minimum atomic E-state index is -0.492. The number of fused-ring (bicyclic) bond motifs is 1. The van der Waals surface area contributed by atoms with Gasteiger partial charge in [-0.25, -0.2) is 4.79 Å². The van der Waals surface area contributed by atoms with Gasteiger partial charge in [-0.15, -0.1) is 0 Å². The first kappa shape index (κ1) is 18.7. The molecule has 0 unspecified atom stereocenters. The van der Waals surface area contributed by atoms with Crippen LogP contribution < -0.4 is 10.6 Å². The zero-order valence-electron chi connectivity index (χ0n) is 16.2. The molecule has 0 heterocycles.